The Morgan fingerprint density at radius 3 is 2.84 bits per heavy atom. The number of hydrogen-bond donors (Lipinski definition) is 1. The second-order valence-corrected chi connectivity index (χ2v) is 7.14. The van der Waals surface area contributed by atoms with Crippen molar-refractivity contribution in [3.63, 3.8) is 0 Å². The molecule has 2 aliphatic rings. The predicted molar refractivity (Wildman–Crippen MR) is 97.4 cm³/mol. The van der Waals surface area contributed by atoms with Crippen molar-refractivity contribution in [2.24, 2.45) is 13.0 Å². The summed E-state index contributed by atoms with van der Waals surface area (Å²) in [5.74, 6) is 1.61. The van der Waals surface area contributed by atoms with Gasteiger partial charge >= 0.3 is 0 Å². The first-order valence-electron chi connectivity index (χ1n) is 9.30. The van der Waals surface area contributed by atoms with Crippen molar-refractivity contribution >= 4 is 5.82 Å². The monoisotopic (exact) mass is 341 g/mol. The van der Waals surface area contributed by atoms with Crippen molar-refractivity contribution in [2.45, 2.75) is 31.9 Å². The van der Waals surface area contributed by atoms with E-state index in [1.807, 2.05) is 24.1 Å². The summed E-state index contributed by atoms with van der Waals surface area (Å²) < 4.78 is 7.77. The van der Waals surface area contributed by atoms with Gasteiger partial charge in [-0.05, 0) is 30.9 Å². The number of rotatable bonds is 6. The van der Waals surface area contributed by atoms with Crippen molar-refractivity contribution in [1.29, 1.82) is 0 Å². The molecule has 2 saturated heterocycles. The first-order chi connectivity index (χ1) is 12.3. The van der Waals surface area contributed by atoms with Crippen LogP contribution in [0.4, 0.5) is 5.82 Å². The molecule has 0 aromatic carbocycles. The van der Waals surface area contributed by atoms with E-state index in [0.717, 1.165) is 45.0 Å². The molecule has 0 unspecified atom stereocenters. The second kappa shape index (κ2) is 7.54. The number of nitrogens with zero attached hydrogens (tertiary/aromatic N) is 4. The molecule has 2 aromatic rings. The summed E-state index contributed by atoms with van der Waals surface area (Å²) >= 11 is 0. The summed E-state index contributed by atoms with van der Waals surface area (Å²) in [5.41, 5.74) is 2.42. The van der Waals surface area contributed by atoms with Crippen molar-refractivity contribution in [1.82, 2.24) is 20.1 Å². The van der Waals surface area contributed by atoms with Crippen LogP contribution >= 0.6 is 0 Å². The van der Waals surface area contributed by atoms with Gasteiger partial charge in [-0.15, -0.1) is 0 Å². The van der Waals surface area contributed by atoms with E-state index in [1.165, 1.54) is 24.0 Å². The third-order valence-corrected chi connectivity index (χ3v) is 5.24. The second-order valence-electron chi connectivity index (χ2n) is 7.14. The largest absolute Gasteiger partial charge is 0.373 e. The molecule has 0 bridgehead atoms. The molecule has 1 N–H and O–H groups in total. The topological polar surface area (TPSA) is 55.2 Å². The minimum Gasteiger partial charge on any atom is -0.373 e. The standard InChI is InChI=1S/C19H27N5O/c1-23-14-17(13-22-23)19-16(6-9-25-19)12-20-10-15-4-5-18(21-11-15)24-7-2-3-8-24/h4-5,11,13-14,16,19-20H,2-3,6-10,12H2,1H3/t16-,19+/m0/s1. The van der Waals surface area contributed by atoms with Gasteiger partial charge in [0.1, 0.15) is 5.82 Å². The molecule has 2 aliphatic heterocycles. The fraction of sp³-hybridized carbons (Fsp3) is 0.579. The van der Waals surface area contributed by atoms with Crippen LogP contribution in [-0.2, 0) is 18.3 Å². The fourth-order valence-electron chi connectivity index (χ4n) is 3.85. The number of aryl methyl sites for hydroxylation is 1. The lowest BCUT2D eigenvalue weighted by Crippen LogP contribution is -2.24. The number of nitrogens with one attached hydrogen (secondary N) is 1. The van der Waals surface area contributed by atoms with Crippen LogP contribution in [-0.4, -0.2) is 41.0 Å². The summed E-state index contributed by atoms with van der Waals surface area (Å²) in [6.45, 7) is 4.92. The third-order valence-electron chi connectivity index (χ3n) is 5.24. The molecular weight excluding hydrogens is 314 g/mol. The van der Waals surface area contributed by atoms with Crippen LogP contribution in [0.5, 0.6) is 0 Å². The minimum absolute atomic E-state index is 0.164. The van der Waals surface area contributed by atoms with Crippen LogP contribution in [0.1, 0.15) is 36.5 Å². The Bertz CT molecular complexity index is 677. The van der Waals surface area contributed by atoms with Crippen LogP contribution in [0.25, 0.3) is 0 Å². The van der Waals surface area contributed by atoms with E-state index in [-0.39, 0.29) is 6.10 Å². The molecule has 6 heteroatoms. The van der Waals surface area contributed by atoms with Crippen molar-refractivity contribution < 1.29 is 4.74 Å². The van der Waals surface area contributed by atoms with Gasteiger partial charge < -0.3 is 15.0 Å². The van der Waals surface area contributed by atoms with Crippen molar-refractivity contribution in [3.8, 4) is 0 Å². The van der Waals surface area contributed by atoms with Crippen LogP contribution < -0.4 is 10.2 Å². The van der Waals surface area contributed by atoms with Crippen LogP contribution in [0.2, 0.25) is 0 Å². The average molecular weight is 341 g/mol. The lowest BCUT2D eigenvalue weighted by molar-refractivity contribution is 0.0904. The molecule has 2 atom stereocenters. The van der Waals surface area contributed by atoms with E-state index in [4.69, 9.17) is 4.74 Å². The smallest absolute Gasteiger partial charge is 0.128 e. The minimum atomic E-state index is 0.164. The molecule has 2 fully saturated rings. The van der Waals surface area contributed by atoms with Crippen molar-refractivity contribution in [3.05, 3.63) is 41.9 Å². The van der Waals surface area contributed by atoms with Gasteiger partial charge in [0.25, 0.3) is 0 Å². The quantitative estimate of drug-likeness (QED) is 0.874. The molecule has 6 nitrogen and oxygen atoms in total. The highest BCUT2D eigenvalue weighted by molar-refractivity contribution is 5.40. The third kappa shape index (κ3) is 3.85. The van der Waals surface area contributed by atoms with Gasteiger partial charge in [-0.1, -0.05) is 6.07 Å². The van der Waals surface area contributed by atoms with Crippen molar-refractivity contribution in [2.75, 3.05) is 31.1 Å². The van der Waals surface area contributed by atoms with Crippen LogP contribution in [0.3, 0.4) is 0 Å². The molecule has 4 heterocycles. The van der Waals surface area contributed by atoms with E-state index in [2.05, 4.69) is 38.6 Å². The molecule has 4 rings (SSSR count). The predicted octanol–water partition coefficient (Wildman–Crippen LogP) is 2.28. The summed E-state index contributed by atoms with van der Waals surface area (Å²) in [6.07, 6.45) is 9.81. The lowest BCUT2D eigenvalue weighted by Gasteiger charge is -2.18. The number of pyridine rings is 1. The summed E-state index contributed by atoms with van der Waals surface area (Å²) in [5, 5.41) is 7.85. The maximum atomic E-state index is 5.93. The van der Waals surface area contributed by atoms with E-state index in [9.17, 15) is 0 Å². The highest BCUT2D eigenvalue weighted by Gasteiger charge is 2.30. The Balaban J connectivity index is 1.28. The first-order valence-corrected chi connectivity index (χ1v) is 9.30. The summed E-state index contributed by atoms with van der Waals surface area (Å²) in [6, 6.07) is 4.34. The van der Waals surface area contributed by atoms with E-state index >= 15 is 0 Å². The van der Waals surface area contributed by atoms with E-state index in [0.29, 0.717) is 5.92 Å². The molecule has 0 radical (unpaired) electrons. The Morgan fingerprint density at radius 1 is 1.24 bits per heavy atom. The maximum Gasteiger partial charge on any atom is 0.128 e. The SMILES string of the molecule is Cn1cc([C@@H]2OCC[C@H]2CNCc2ccc(N3CCCC3)nc2)cn1. The van der Waals surface area contributed by atoms with Gasteiger partial charge in [-0.25, -0.2) is 4.98 Å². The van der Waals surface area contributed by atoms with E-state index < -0.39 is 0 Å². The molecule has 0 aliphatic carbocycles. The molecule has 0 amide bonds. The normalized spacial score (nSPS) is 23.5. The average Bonchev–Trinajstić information content (AvgIpc) is 3.37. The Morgan fingerprint density at radius 2 is 2.12 bits per heavy atom. The Hall–Kier alpha value is -1.92. The van der Waals surface area contributed by atoms with Gasteiger partial charge in [-0.2, -0.15) is 5.10 Å². The summed E-state index contributed by atoms with van der Waals surface area (Å²) in [7, 11) is 1.95. The number of aromatic nitrogens is 3. The number of ether oxygens (including phenoxy) is 1. The number of anilines is 1. The molecule has 2 aromatic heterocycles. The Kier molecular flexibility index (Phi) is 4.99. The molecule has 0 saturated carbocycles. The lowest BCUT2D eigenvalue weighted by atomic mass is 9.97. The molecular formula is C19H27N5O. The zero-order valence-corrected chi connectivity index (χ0v) is 14.9. The molecule has 134 valence electrons. The van der Waals surface area contributed by atoms with Gasteiger partial charge in [0, 0.05) is 63.7 Å². The Labute approximate surface area is 149 Å². The highest BCUT2D eigenvalue weighted by atomic mass is 16.5. The van der Waals surface area contributed by atoms with Gasteiger partial charge in [0.15, 0.2) is 0 Å². The van der Waals surface area contributed by atoms with Gasteiger partial charge in [-0.3, -0.25) is 4.68 Å². The van der Waals surface area contributed by atoms with Gasteiger partial charge in [0.2, 0.25) is 0 Å². The summed E-state index contributed by atoms with van der Waals surface area (Å²) in [4.78, 5) is 6.99. The highest BCUT2D eigenvalue weighted by Crippen LogP contribution is 2.33. The zero-order chi connectivity index (χ0) is 17.1. The van der Waals surface area contributed by atoms with Crippen LogP contribution in [0, 0.1) is 5.92 Å². The molecule has 0 spiro atoms. The van der Waals surface area contributed by atoms with Crippen LogP contribution in [0.15, 0.2) is 30.7 Å². The van der Waals surface area contributed by atoms with E-state index in [1.54, 1.807) is 0 Å². The fourth-order valence-corrected chi connectivity index (χ4v) is 3.85. The zero-order valence-electron chi connectivity index (χ0n) is 14.9. The maximum absolute atomic E-state index is 5.93. The first kappa shape index (κ1) is 16.5. The molecule has 25 heavy (non-hydrogen) atoms. The van der Waals surface area contributed by atoms with Gasteiger partial charge in [0.05, 0.1) is 12.3 Å². The number of hydrogen-bond acceptors (Lipinski definition) is 5.